The molecule has 3 N–H and O–H groups in total. The minimum atomic E-state index is -1.13. The van der Waals surface area contributed by atoms with E-state index in [0.29, 0.717) is 6.61 Å². The lowest BCUT2D eigenvalue weighted by Crippen LogP contribution is -2.36. The van der Waals surface area contributed by atoms with Crippen molar-refractivity contribution in [1.29, 1.82) is 0 Å². The van der Waals surface area contributed by atoms with Gasteiger partial charge in [0.1, 0.15) is 5.60 Å². The maximum absolute atomic E-state index is 10.9. The second kappa shape index (κ2) is 15.1. The van der Waals surface area contributed by atoms with Crippen LogP contribution in [-0.4, -0.2) is 39.7 Å². The van der Waals surface area contributed by atoms with Crippen molar-refractivity contribution in [2.75, 3.05) is 11.9 Å². The Balaban J connectivity index is 0.000000323. The first-order valence-electron chi connectivity index (χ1n) is 14.1. The largest absolute Gasteiger partial charge is 0.478 e. The van der Waals surface area contributed by atoms with Crippen LogP contribution in [0.3, 0.4) is 0 Å². The third-order valence-electron chi connectivity index (χ3n) is 6.94. The van der Waals surface area contributed by atoms with E-state index >= 15 is 0 Å². The average molecular weight is 605 g/mol. The number of carbonyl (C=O) groups is 2. The van der Waals surface area contributed by atoms with Crippen LogP contribution in [-0.2, 0) is 10.3 Å². The molecule has 0 radical (unpaired) electrons. The number of non-ortho nitro benzene ring substituents is 1. The number of rotatable bonds is 11. The van der Waals surface area contributed by atoms with Crippen molar-refractivity contribution in [3.8, 4) is 0 Å². The summed E-state index contributed by atoms with van der Waals surface area (Å²) >= 11 is 0. The zero-order chi connectivity index (χ0) is 32.2. The number of anilines is 1. The third kappa shape index (κ3) is 8.19. The molecule has 0 saturated heterocycles. The molecule has 0 bridgehead atoms. The highest BCUT2D eigenvalue weighted by atomic mass is 16.6. The van der Waals surface area contributed by atoms with Gasteiger partial charge in [-0.2, -0.15) is 0 Å². The standard InChI is InChI=1S/C28H26N2O3.C8H6O4/c1-22(29-26-17-19-27(20-18-26)30(31)32)21-33-28(23-11-5-2-6-12-23,24-13-7-3-8-14-24)25-15-9-4-10-16-25;9-7(10)5-2-1-3-6(4-5)8(11)12/h2-20,22,29H,21H2,1H3;1-4H,(H,9,10)(H,11,12). The van der Waals surface area contributed by atoms with Gasteiger partial charge in [-0.15, -0.1) is 0 Å². The molecule has 0 aliphatic heterocycles. The molecule has 0 spiro atoms. The van der Waals surface area contributed by atoms with Crippen molar-refractivity contribution in [2.24, 2.45) is 0 Å². The summed E-state index contributed by atoms with van der Waals surface area (Å²) in [6, 6.07) is 42.3. The molecule has 9 nitrogen and oxygen atoms in total. The second-order valence-electron chi connectivity index (χ2n) is 10.1. The monoisotopic (exact) mass is 604 g/mol. The highest BCUT2D eigenvalue weighted by Gasteiger charge is 2.37. The summed E-state index contributed by atoms with van der Waals surface area (Å²) in [5, 5.41) is 31.3. The van der Waals surface area contributed by atoms with Crippen LogP contribution in [0.15, 0.2) is 140 Å². The van der Waals surface area contributed by atoms with Gasteiger partial charge >= 0.3 is 11.9 Å². The molecule has 0 aromatic heterocycles. The van der Waals surface area contributed by atoms with Crippen molar-refractivity contribution in [3.05, 3.63) is 177 Å². The van der Waals surface area contributed by atoms with E-state index in [-0.39, 0.29) is 22.9 Å². The number of hydrogen-bond donors (Lipinski definition) is 3. The molecule has 0 saturated carbocycles. The predicted octanol–water partition coefficient (Wildman–Crippen LogP) is 7.49. The van der Waals surface area contributed by atoms with Gasteiger partial charge in [0, 0.05) is 23.9 Å². The van der Waals surface area contributed by atoms with E-state index in [4.69, 9.17) is 14.9 Å². The van der Waals surface area contributed by atoms with Crippen LogP contribution in [0.4, 0.5) is 11.4 Å². The van der Waals surface area contributed by atoms with Crippen LogP contribution in [0.2, 0.25) is 0 Å². The summed E-state index contributed by atoms with van der Waals surface area (Å²) in [6.45, 7) is 2.45. The number of hydrogen-bond acceptors (Lipinski definition) is 6. The second-order valence-corrected chi connectivity index (χ2v) is 10.1. The van der Waals surface area contributed by atoms with Crippen LogP contribution in [0, 0.1) is 10.1 Å². The van der Waals surface area contributed by atoms with Gasteiger partial charge < -0.3 is 20.3 Å². The van der Waals surface area contributed by atoms with Crippen molar-refractivity contribution >= 4 is 23.3 Å². The fourth-order valence-corrected chi connectivity index (χ4v) is 4.81. The molecule has 0 heterocycles. The van der Waals surface area contributed by atoms with E-state index in [9.17, 15) is 19.7 Å². The van der Waals surface area contributed by atoms with Crippen LogP contribution in [0.1, 0.15) is 44.3 Å². The number of nitro benzene ring substituents is 1. The summed E-state index contributed by atoms with van der Waals surface area (Å²) in [4.78, 5) is 31.3. The number of carboxylic acids is 2. The van der Waals surface area contributed by atoms with Gasteiger partial charge in [-0.25, -0.2) is 9.59 Å². The van der Waals surface area contributed by atoms with Crippen molar-refractivity contribution in [3.63, 3.8) is 0 Å². The Hall–Kier alpha value is -5.80. The zero-order valence-corrected chi connectivity index (χ0v) is 24.4. The number of nitrogens with zero attached hydrogens (tertiary/aromatic N) is 1. The summed E-state index contributed by atoms with van der Waals surface area (Å²) in [5.74, 6) is -2.25. The highest BCUT2D eigenvalue weighted by Crippen LogP contribution is 2.40. The van der Waals surface area contributed by atoms with E-state index in [1.807, 2.05) is 61.5 Å². The molecule has 45 heavy (non-hydrogen) atoms. The highest BCUT2D eigenvalue weighted by molar-refractivity contribution is 5.93. The van der Waals surface area contributed by atoms with Crippen LogP contribution in [0.25, 0.3) is 0 Å². The summed E-state index contributed by atoms with van der Waals surface area (Å²) in [6.07, 6.45) is 0. The van der Waals surface area contributed by atoms with Crippen LogP contribution < -0.4 is 5.32 Å². The molecular weight excluding hydrogens is 572 g/mol. The molecule has 5 aromatic carbocycles. The quantitative estimate of drug-likeness (QED) is 0.0801. The number of aromatic carboxylic acids is 2. The maximum atomic E-state index is 10.9. The van der Waals surface area contributed by atoms with E-state index in [1.54, 1.807) is 12.1 Å². The van der Waals surface area contributed by atoms with Gasteiger partial charge in [-0.3, -0.25) is 10.1 Å². The summed E-state index contributed by atoms with van der Waals surface area (Å²) < 4.78 is 6.81. The van der Waals surface area contributed by atoms with Crippen LogP contribution in [0.5, 0.6) is 0 Å². The van der Waals surface area contributed by atoms with E-state index in [2.05, 4.69) is 41.7 Å². The normalized spacial score (nSPS) is 11.4. The third-order valence-corrected chi connectivity index (χ3v) is 6.94. The molecule has 0 amide bonds. The Morgan fingerprint density at radius 1 is 0.711 bits per heavy atom. The first kappa shape index (κ1) is 32.1. The Kier molecular flexibility index (Phi) is 10.8. The minimum absolute atomic E-state index is 0.0186. The number of benzene rings is 5. The van der Waals surface area contributed by atoms with Gasteiger partial charge in [0.2, 0.25) is 0 Å². The molecule has 9 heteroatoms. The van der Waals surface area contributed by atoms with Gasteiger partial charge in [0.15, 0.2) is 0 Å². The number of nitro groups is 1. The smallest absolute Gasteiger partial charge is 0.335 e. The first-order chi connectivity index (χ1) is 21.7. The fourth-order valence-electron chi connectivity index (χ4n) is 4.81. The molecular formula is C36H32N2O7. The van der Waals surface area contributed by atoms with Crippen molar-refractivity contribution in [2.45, 2.75) is 18.6 Å². The van der Waals surface area contributed by atoms with E-state index in [1.165, 1.54) is 30.3 Å². The lowest BCUT2D eigenvalue weighted by molar-refractivity contribution is -0.384. The number of ether oxygens (including phenoxy) is 1. The fraction of sp³-hybridized carbons (Fsp3) is 0.111. The maximum Gasteiger partial charge on any atom is 0.335 e. The lowest BCUT2D eigenvalue weighted by atomic mass is 9.80. The van der Waals surface area contributed by atoms with Gasteiger partial charge in [-0.05, 0) is 53.9 Å². The average Bonchev–Trinajstić information content (AvgIpc) is 3.07. The lowest BCUT2D eigenvalue weighted by Gasteiger charge is -2.37. The SMILES string of the molecule is CC(COC(c1ccccc1)(c1ccccc1)c1ccccc1)Nc1ccc([N+](=O)[O-])cc1.O=C(O)c1cccc(C(=O)O)c1. The number of carboxylic acid groups (broad SMARTS) is 2. The molecule has 0 aliphatic carbocycles. The molecule has 1 atom stereocenters. The molecule has 1 unspecified atom stereocenters. The van der Waals surface area contributed by atoms with Crippen molar-refractivity contribution < 1.29 is 29.5 Å². The molecule has 0 aliphatic rings. The molecule has 5 aromatic rings. The Morgan fingerprint density at radius 3 is 1.51 bits per heavy atom. The van der Waals surface area contributed by atoms with Gasteiger partial charge in [-0.1, -0.05) is 97.1 Å². The van der Waals surface area contributed by atoms with Crippen LogP contribution >= 0.6 is 0 Å². The first-order valence-corrected chi connectivity index (χ1v) is 14.1. The molecule has 5 rings (SSSR count). The van der Waals surface area contributed by atoms with Gasteiger partial charge in [0.25, 0.3) is 5.69 Å². The Labute approximate surface area is 260 Å². The topological polar surface area (TPSA) is 139 Å². The predicted molar refractivity (Wildman–Crippen MR) is 172 cm³/mol. The molecule has 228 valence electrons. The van der Waals surface area contributed by atoms with Gasteiger partial charge in [0.05, 0.1) is 22.7 Å². The summed E-state index contributed by atoms with van der Waals surface area (Å²) in [5.41, 5.74) is 3.20. The van der Waals surface area contributed by atoms with E-state index in [0.717, 1.165) is 28.4 Å². The zero-order valence-electron chi connectivity index (χ0n) is 24.4. The summed E-state index contributed by atoms with van der Waals surface area (Å²) in [7, 11) is 0. The van der Waals surface area contributed by atoms with E-state index < -0.39 is 22.5 Å². The number of nitrogens with one attached hydrogen (secondary N) is 1. The Bertz CT molecular complexity index is 1590. The molecule has 0 fully saturated rings. The Morgan fingerprint density at radius 2 is 1.13 bits per heavy atom. The van der Waals surface area contributed by atoms with Crippen molar-refractivity contribution in [1.82, 2.24) is 0 Å². The minimum Gasteiger partial charge on any atom is -0.478 e.